The molecule has 0 aromatic heterocycles. The predicted molar refractivity (Wildman–Crippen MR) is 78.4 cm³/mol. The van der Waals surface area contributed by atoms with Crippen molar-refractivity contribution in [3.63, 3.8) is 0 Å². The van der Waals surface area contributed by atoms with Gasteiger partial charge in [0, 0.05) is 13.1 Å². The Morgan fingerprint density at radius 2 is 1.68 bits per heavy atom. The third-order valence-corrected chi connectivity index (χ3v) is 4.72. The van der Waals surface area contributed by atoms with Crippen LogP contribution in [0.25, 0.3) is 0 Å². The molecule has 104 valence electrons. The fourth-order valence-electron chi connectivity index (χ4n) is 3.36. The molecule has 0 bridgehead atoms. The Hall–Kier alpha value is -0.860. The van der Waals surface area contributed by atoms with Crippen LogP contribution in [0.4, 0.5) is 0 Å². The molecule has 2 nitrogen and oxygen atoms in total. The zero-order valence-electron chi connectivity index (χ0n) is 11.9. The van der Waals surface area contributed by atoms with Crippen LogP contribution < -0.4 is 5.32 Å². The van der Waals surface area contributed by atoms with E-state index in [0.29, 0.717) is 0 Å². The summed E-state index contributed by atoms with van der Waals surface area (Å²) in [5.41, 5.74) is 2.85. The average molecular weight is 259 g/mol. The van der Waals surface area contributed by atoms with Crippen LogP contribution in [0, 0.1) is 5.92 Å². The minimum atomic E-state index is 0.245. The van der Waals surface area contributed by atoms with E-state index in [0.717, 1.165) is 31.5 Å². The van der Waals surface area contributed by atoms with Crippen LogP contribution in [0.1, 0.15) is 55.8 Å². The van der Waals surface area contributed by atoms with Crippen molar-refractivity contribution in [2.45, 2.75) is 44.6 Å². The van der Waals surface area contributed by atoms with Crippen molar-refractivity contribution in [3.8, 4) is 0 Å². The van der Waals surface area contributed by atoms with Crippen molar-refractivity contribution in [2.75, 3.05) is 19.7 Å². The number of ether oxygens (including phenoxy) is 1. The van der Waals surface area contributed by atoms with E-state index in [-0.39, 0.29) is 6.10 Å². The monoisotopic (exact) mass is 259 g/mol. The van der Waals surface area contributed by atoms with Gasteiger partial charge in [0.2, 0.25) is 0 Å². The van der Waals surface area contributed by atoms with Gasteiger partial charge in [0.15, 0.2) is 0 Å². The molecule has 0 radical (unpaired) electrons. The van der Waals surface area contributed by atoms with E-state index in [2.05, 4.69) is 36.5 Å². The molecular formula is C17H25NO. The van der Waals surface area contributed by atoms with Crippen LogP contribution >= 0.6 is 0 Å². The summed E-state index contributed by atoms with van der Waals surface area (Å²) in [5, 5.41) is 3.39. The zero-order chi connectivity index (χ0) is 13.1. The Bertz CT molecular complexity index is 386. The Balaban J connectivity index is 1.65. The lowest BCUT2D eigenvalue weighted by Gasteiger charge is -2.27. The van der Waals surface area contributed by atoms with Crippen LogP contribution in [-0.4, -0.2) is 19.7 Å². The Morgan fingerprint density at radius 3 is 2.32 bits per heavy atom. The maximum absolute atomic E-state index is 5.80. The summed E-state index contributed by atoms with van der Waals surface area (Å²) in [5.74, 6) is 1.72. The lowest BCUT2D eigenvalue weighted by molar-refractivity contribution is 0.0277. The summed E-state index contributed by atoms with van der Waals surface area (Å²) in [6, 6.07) is 9.19. The number of hydrogen-bond acceptors (Lipinski definition) is 2. The largest absolute Gasteiger partial charge is 0.371 e. The molecule has 1 N–H and O–H groups in total. The summed E-state index contributed by atoms with van der Waals surface area (Å²) in [6.07, 6.45) is 5.75. The molecule has 1 saturated carbocycles. The van der Waals surface area contributed by atoms with Crippen molar-refractivity contribution in [2.24, 2.45) is 5.92 Å². The van der Waals surface area contributed by atoms with E-state index in [1.165, 1.54) is 36.8 Å². The average Bonchev–Trinajstić information content (AvgIpc) is 2.49. The fraction of sp³-hybridized carbons (Fsp3) is 0.647. The molecule has 2 heteroatoms. The highest BCUT2D eigenvalue weighted by molar-refractivity contribution is 5.27. The van der Waals surface area contributed by atoms with Gasteiger partial charge in [0.25, 0.3) is 0 Å². The van der Waals surface area contributed by atoms with E-state index in [4.69, 9.17) is 4.74 Å². The molecule has 2 fully saturated rings. The third-order valence-electron chi connectivity index (χ3n) is 4.72. The summed E-state index contributed by atoms with van der Waals surface area (Å²) in [6.45, 7) is 5.13. The van der Waals surface area contributed by atoms with Gasteiger partial charge in [-0.25, -0.2) is 0 Å². The number of benzene rings is 1. The maximum Gasteiger partial charge on any atom is 0.0949 e. The number of morpholine rings is 1. The lowest BCUT2D eigenvalue weighted by atomic mass is 9.79. The highest BCUT2D eigenvalue weighted by Gasteiger charge is 2.20. The second kappa shape index (κ2) is 6.06. The van der Waals surface area contributed by atoms with Gasteiger partial charge in [-0.15, -0.1) is 0 Å². The molecule has 1 atom stereocenters. The van der Waals surface area contributed by atoms with Crippen LogP contribution in [0.3, 0.4) is 0 Å². The van der Waals surface area contributed by atoms with Gasteiger partial charge < -0.3 is 10.1 Å². The Labute approximate surface area is 116 Å². The van der Waals surface area contributed by atoms with E-state index >= 15 is 0 Å². The van der Waals surface area contributed by atoms with Crippen LogP contribution in [0.2, 0.25) is 0 Å². The molecular weight excluding hydrogens is 234 g/mol. The van der Waals surface area contributed by atoms with Gasteiger partial charge in [0.05, 0.1) is 12.7 Å². The maximum atomic E-state index is 5.80. The quantitative estimate of drug-likeness (QED) is 0.875. The van der Waals surface area contributed by atoms with Gasteiger partial charge >= 0.3 is 0 Å². The standard InChI is InChI=1S/C17H25NO/c1-13-2-4-14(5-3-13)15-6-8-16(9-7-15)17-12-18-10-11-19-17/h6-9,13-14,17-18H,2-5,10-12H2,1H3. The topological polar surface area (TPSA) is 21.3 Å². The Kier molecular flexibility index (Phi) is 4.19. The highest BCUT2D eigenvalue weighted by atomic mass is 16.5. The minimum Gasteiger partial charge on any atom is -0.371 e. The number of rotatable bonds is 2. The normalized spacial score (nSPS) is 32.2. The van der Waals surface area contributed by atoms with Gasteiger partial charge in [-0.1, -0.05) is 44.0 Å². The van der Waals surface area contributed by atoms with E-state index in [1.807, 2.05) is 0 Å². The van der Waals surface area contributed by atoms with Crippen molar-refractivity contribution in [1.29, 1.82) is 0 Å². The van der Waals surface area contributed by atoms with E-state index in [9.17, 15) is 0 Å². The molecule has 0 amide bonds. The number of nitrogens with one attached hydrogen (secondary N) is 1. The van der Waals surface area contributed by atoms with Crippen molar-refractivity contribution < 1.29 is 4.74 Å². The van der Waals surface area contributed by atoms with E-state index < -0.39 is 0 Å². The summed E-state index contributed by atoms with van der Waals surface area (Å²) in [4.78, 5) is 0. The molecule has 1 unspecified atom stereocenters. The van der Waals surface area contributed by atoms with Gasteiger partial charge in [-0.2, -0.15) is 0 Å². The zero-order valence-corrected chi connectivity index (χ0v) is 11.9. The summed E-state index contributed by atoms with van der Waals surface area (Å²) < 4.78 is 5.80. The van der Waals surface area contributed by atoms with Crippen molar-refractivity contribution >= 4 is 0 Å². The molecule has 2 aliphatic rings. The minimum absolute atomic E-state index is 0.245. The van der Waals surface area contributed by atoms with Crippen molar-refractivity contribution in [3.05, 3.63) is 35.4 Å². The third kappa shape index (κ3) is 3.18. The smallest absolute Gasteiger partial charge is 0.0949 e. The first-order valence-corrected chi connectivity index (χ1v) is 7.75. The SMILES string of the molecule is CC1CCC(c2ccc(C3CNCCO3)cc2)CC1. The number of hydrogen-bond donors (Lipinski definition) is 1. The Morgan fingerprint density at radius 1 is 1.00 bits per heavy atom. The van der Waals surface area contributed by atoms with Gasteiger partial charge in [0.1, 0.15) is 0 Å². The molecule has 1 heterocycles. The molecule has 0 spiro atoms. The van der Waals surface area contributed by atoms with Gasteiger partial charge in [-0.05, 0) is 35.8 Å². The van der Waals surface area contributed by atoms with Crippen molar-refractivity contribution in [1.82, 2.24) is 5.32 Å². The second-order valence-electron chi connectivity index (χ2n) is 6.19. The summed E-state index contributed by atoms with van der Waals surface area (Å²) in [7, 11) is 0. The molecule has 3 rings (SSSR count). The summed E-state index contributed by atoms with van der Waals surface area (Å²) >= 11 is 0. The molecule has 1 aromatic rings. The first-order chi connectivity index (χ1) is 9.33. The van der Waals surface area contributed by atoms with Crippen LogP contribution in [0.15, 0.2) is 24.3 Å². The van der Waals surface area contributed by atoms with Crippen LogP contribution in [0.5, 0.6) is 0 Å². The molecule has 1 aliphatic heterocycles. The molecule has 1 saturated heterocycles. The first-order valence-electron chi connectivity index (χ1n) is 7.75. The van der Waals surface area contributed by atoms with Gasteiger partial charge in [-0.3, -0.25) is 0 Å². The highest BCUT2D eigenvalue weighted by Crippen LogP contribution is 2.35. The fourth-order valence-corrected chi connectivity index (χ4v) is 3.36. The molecule has 1 aliphatic carbocycles. The predicted octanol–water partition coefficient (Wildman–Crippen LogP) is 3.64. The molecule has 1 aromatic carbocycles. The lowest BCUT2D eigenvalue weighted by Crippen LogP contribution is -2.33. The first kappa shape index (κ1) is 13.1. The van der Waals surface area contributed by atoms with E-state index in [1.54, 1.807) is 0 Å². The molecule has 19 heavy (non-hydrogen) atoms. The van der Waals surface area contributed by atoms with Crippen LogP contribution in [-0.2, 0) is 4.74 Å². The second-order valence-corrected chi connectivity index (χ2v) is 6.19.